The van der Waals surface area contributed by atoms with Gasteiger partial charge in [0.2, 0.25) is 5.95 Å². The fourth-order valence-electron chi connectivity index (χ4n) is 1.08. The van der Waals surface area contributed by atoms with Crippen molar-refractivity contribution in [3.8, 4) is 0 Å². The quantitative estimate of drug-likeness (QED) is 0.667. The Morgan fingerprint density at radius 1 is 1.50 bits per heavy atom. The number of nitrogens with one attached hydrogen (secondary N) is 1. The van der Waals surface area contributed by atoms with Crippen molar-refractivity contribution in [2.75, 3.05) is 38.2 Å². The minimum absolute atomic E-state index is 0.308. The summed E-state index contributed by atoms with van der Waals surface area (Å²) in [5, 5.41) is 3.18. The Morgan fingerprint density at radius 2 is 2.29 bits per heavy atom. The third kappa shape index (κ3) is 4.04. The average molecular weight is 195 g/mol. The average Bonchev–Trinajstić information content (AvgIpc) is 2.12. The summed E-state index contributed by atoms with van der Waals surface area (Å²) >= 11 is 0. The Balaban J connectivity index is 2.25. The summed E-state index contributed by atoms with van der Waals surface area (Å²) in [7, 11) is 4.12. The van der Waals surface area contributed by atoms with Crippen LogP contribution in [0.4, 0.5) is 11.8 Å². The van der Waals surface area contributed by atoms with E-state index in [2.05, 4.69) is 34.3 Å². The van der Waals surface area contributed by atoms with E-state index in [4.69, 9.17) is 5.73 Å². The Labute approximate surface area is 84.3 Å². The molecular formula is C9H17N5. The van der Waals surface area contributed by atoms with Crippen LogP contribution in [0, 0.1) is 0 Å². The van der Waals surface area contributed by atoms with Crippen molar-refractivity contribution < 1.29 is 0 Å². The van der Waals surface area contributed by atoms with Crippen LogP contribution in [0.15, 0.2) is 12.3 Å². The van der Waals surface area contributed by atoms with E-state index >= 15 is 0 Å². The first-order valence-electron chi connectivity index (χ1n) is 4.65. The van der Waals surface area contributed by atoms with Gasteiger partial charge in [-0.15, -0.1) is 0 Å². The molecule has 1 aromatic rings. The highest BCUT2D eigenvalue weighted by atomic mass is 15.1. The van der Waals surface area contributed by atoms with Crippen LogP contribution < -0.4 is 11.1 Å². The molecular weight excluding hydrogens is 178 g/mol. The van der Waals surface area contributed by atoms with Gasteiger partial charge in [-0.1, -0.05) is 0 Å². The first kappa shape index (κ1) is 10.7. The van der Waals surface area contributed by atoms with Gasteiger partial charge in [-0.3, -0.25) is 0 Å². The van der Waals surface area contributed by atoms with Gasteiger partial charge in [-0.2, -0.15) is 4.98 Å². The zero-order valence-corrected chi connectivity index (χ0v) is 8.70. The molecule has 0 bridgehead atoms. The molecule has 0 aromatic carbocycles. The predicted octanol–water partition coefficient (Wildman–Crippen LogP) is 0.422. The summed E-state index contributed by atoms with van der Waals surface area (Å²) in [5.41, 5.74) is 5.44. The van der Waals surface area contributed by atoms with Crippen LogP contribution in [-0.4, -0.2) is 42.1 Å². The highest BCUT2D eigenvalue weighted by Gasteiger charge is 1.94. The van der Waals surface area contributed by atoms with E-state index in [0.29, 0.717) is 5.95 Å². The molecule has 3 N–H and O–H groups in total. The van der Waals surface area contributed by atoms with Gasteiger partial charge >= 0.3 is 0 Å². The van der Waals surface area contributed by atoms with Crippen molar-refractivity contribution in [3.63, 3.8) is 0 Å². The monoisotopic (exact) mass is 195 g/mol. The number of anilines is 2. The largest absolute Gasteiger partial charge is 0.370 e. The molecule has 0 unspecified atom stereocenters. The molecule has 0 radical (unpaired) electrons. The summed E-state index contributed by atoms with van der Waals surface area (Å²) in [5.74, 6) is 1.10. The fraction of sp³-hybridized carbons (Fsp3) is 0.556. The molecule has 0 aliphatic rings. The molecule has 0 atom stereocenters. The second kappa shape index (κ2) is 5.39. The van der Waals surface area contributed by atoms with Gasteiger partial charge < -0.3 is 16.0 Å². The molecule has 0 saturated heterocycles. The molecule has 1 heterocycles. The minimum atomic E-state index is 0.308. The molecule has 0 fully saturated rings. The lowest BCUT2D eigenvalue weighted by Gasteiger charge is -2.09. The molecule has 1 rings (SSSR count). The smallest absolute Gasteiger partial charge is 0.221 e. The Hall–Kier alpha value is -1.36. The maximum atomic E-state index is 5.44. The number of aromatic nitrogens is 2. The first-order valence-corrected chi connectivity index (χ1v) is 4.65. The zero-order chi connectivity index (χ0) is 10.4. The molecule has 0 aliphatic heterocycles. The maximum absolute atomic E-state index is 5.44. The topological polar surface area (TPSA) is 67.1 Å². The maximum Gasteiger partial charge on any atom is 0.221 e. The lowest BCUT2D eigenvalue weighted by atomic mass is 10.4. The van der Waals surface area contributed by atoms with Gasteiger partial charge in [0.1, 0.15) is 5.82 Å². The summed E-state index contributed by atoms with van der Waals surface area (Å²) in [6, 6.07) is 1.81. The van der Waals surface area contributed by atoms with Crippen LogP contribution in [-0.2, 0) is 0 Å². The summed E-state index contributed by atoms with van der Waals surface area (Å²) in [6.45, 7) is 1.96. The van der Waals surface area contributed by atoms with Crippen LogP contribution in [0.25, 0.3) is 0 Å². The SMILES string of the molecule is CN(C)CCCNc1ccnc(N)n1. The third-order valence-corrected chi connectivity index (χ3v) is 1.76. The van der Waals surface area contributed by atoms with E-state index in [0.717, 1.165) is 25.3 Å². The molecule has 14 heavy (non-hydrogen) atoms. The summed E-state index contributed by atoms with van der Waals surface area (Å²) in [6.07, 6.45) is 2.73. The number of hydrogen-bond acceptors (Lipinski definition) is 5. The highest BCUT2D eigenvalue weighted by Crippen LogP contribution is 2.02. The van der Waals surface area contributed by atoms with Crippen LogP contribution in [0.3, 0.4) is 0 Å². The lowest BCUT2D eigenvalue weighted by molar-refractivity contribution is 0.405. The van der Waals surface area contributed by atoms with Crippen LogP contribution in [0.5, 0.6) is 0 Å². The molecule has 0 spiro atoms. The van der Waals surface area contributed by atoms with E-state index < -0.39 is 0 Å². The van der Waals surface area contributed by atoms with Gasteiger partial charge in [0, 0.05) is 12.7 Å². The van der Waals surface area contributed by atoms with Crippen molar-refractivity contribution in [1.29, 1.82) is 0 Å². The van der Waals surface area contributed by atoms with Crippen molar-refractivity contribution >= 4 is 11.8 Å². The minimum Gasteiger partial charge on any atom is -0.370 e. The Bertz CT molecular complexity index is 274. The van der Waals surface area contributed by atoms with Crippen molar-refractivity contribution in [3.05, 3.63) is 12.3 Å². The van der Waals surface area contributed by atoms with Crippen molar-refractivity contribution in [2.45, 2.75) is 6.42 Å². The van der Waals surface area contributed by atoms with Crippen LogP contribution >= 0.6 is 0 Å². The fourth-order valence-corrected chi connectivity index (χ4v) is 1.08. The molecule has 5 heteroatoms. The Kier molecular flexibility index (Phi) is 4.12. The molecule has 0 saturated carbocycles. The van der Waals surface area contributed by atoms with Gasteiger partial charge in [-0.05, 0) is 33.1 Å². The summed E-state index contributed by atoms with van der Waals surface area (Å²) < 4.78 is 0. The predicted molar refractivity (Wildman–Crippen MR) is 58.1 cm³/mol. The normalized spacial score (nSPS) is 10.5. The van der Waals surface area contributed by atoms with E-state index in [-0.39, 0.29) is 0 Å². The van der Waals surface area contributed by atoms with E-state index in [1.165, 1.54) is 0 Å². The molecule has 5 nitrogen and oxygen atoms in total. The van der Waals surface area contributed by atoms with Crippen molar-refractivity contribution in [2.24, 2.45) is 0 Å². The number of nitrogens with zero attached hydrogens (tertiary/aromatic N) is 3. The zero-order valence-electron chi connectivity index (χ0n) is 8.70. The van der Waals surface area contributed by atoms with Crippen LogP contribution in [0.2, 0.25) is 0 Å². The first-order chi connectivity index (χ1) is 6.68. The van der Waals surface area contributed by atoms with Gasteiger partial charge in [0.25, 0.3) is 0 Å². The second-order valence-corrected chi connectivity index (χ2v) is 3.38. The molecule has 0 amide bonds. The molecule has 1 aromatic heterocycles. The van der Waals surface area contributed by atoms with Gasteiger partial charge in [0.15, 0.2) is 0 Å². The van der Waals surface area contributed by atoms with E-state index in [9.17, 15) is 0 Å². The number of nitrogens with two attached hydrogens (primary N) is 1. The molecule has 78 valence electrons. The van der Waals surface area contributed by atoms with E-state index in [1.807, 2.05) is 6.07 Å². The molecule has 0 aliphatic carbocycles. The van der Waals surface area contributed by atoms with Crippen molar-refractivity contribution in [1.82, 2.24) is 14.9 Å². The highest BCUT2D eigenvalue weighted by molar-refractivity contribution is 5.36. The second-order valence-electron chi connectivity index (χ2n) is 3.38. The third-order valence-electron chi connectivity index (χ3n) is 1.76. The standard InChI is InChI=1S/C9H17N5/c1-14(2)7-3-5-11-8-4-6-12-9(10)13-8/h4,6H,3,5,7H2,1-2H3,(H3,10,11,12,13). The van der Waals surface area contributed by atoms with Crippen LogP contribution in [0.1, 0.15) is 6.42 Å². The number of nitrogen functional groups attached to an aromatic ring is 1. The van der Waals surface area contributed by atoms with Gasteiger partial charge in [0.05, 0.1) is 0 Å². The number of rotatable bonds is 5. The van der Waals surface area contributed by atoms with E-state index in [1.54, 1.807) is 6.20 Å². The number of hydrogen-bond donors (Lipinski definition) is 2. The lowest BCUT2D eigenvalue weighted by Crippen LogP contribution is -2.16. The summed E-state index contributed by atoms with van der Waals surface area (Å²) in [4.78, 5) is 10.00. The Morgan fingerprint density at radius 3 is 2.93 bits per heavy atom. The van der Waals surface area contributed by atoms with Gasteiger partial charge in [-0.25, -0.2) is 4.98 Å².